The van der Waals surface area contributed by atoms with Crippen molar-refractivity contribution in [3.63, 3.8) is 0 Å². The van der Waals surface area contributed by atoms with Crippen LogP contribution in [0.5, 0.6) is 5.75 Å². The van der Waals surface area contributed by atoms with Gasteiger partial charge in [0.05, 0.1) is 5.92 Å². The maximum absolute atomic E-state index is 12.6. The fourth-order valence-electron chi connectivity index (χ4n) is 3.16. The van der Waals surface area contributed by atoms with E-state index in [9.17, 15) is 14.7 Å². The molecule has 2 unspecified atom stereocenters. The molecule has 0 saturated carbocycles. The fourth-order valence-corrected chi connectivity index (χ4v) is 3.16. The second-order valence-electron chi connectivity index (χ2n) is 6.27. The Kier molecular flexibility index (Phi) is 5.03. The van der Waals surface area contributed by atoms with Gasteiger partial charge in [0, 0.05) is 18.2 Å². The molecule has 1 amide bonds. The monoisotopic (exact) mass is 339 g/mol. The van der Waals surface area contributed by atoms with Gasteiger partial charge in [0.15, 0.2) is 0 Å². The molecule has 0 aromatic heterocycles. The maximum Gasteiger partial charge on any atom is 0.308 e. The molecule has 0 bridgehead atoms. The molecule has 25 heavy (non-hydrogen) atoms. The molecular formula is C20H21NO4. The normalized spacial score (nSPS) is 19.6. The van der Waals surface area contributed by atoms with Crippen LogP contribution in [-0.2, 0) is 11.4 Å². The van der Waals surface area contributed by atoms with E-state index < -0.39 is 11.9 Å². The zero-order chi connectivity index (χ0) is 17.8. The first-order chi connectivity index (χ1) is 12.1. The number of likely N-dealkylation sites (tertiary alicyclic amines) is 1. The van der Waals surface area contributed by atoms with Crippen molar-refractivity contribution in [3.8, 4) is 5.75 Å². The first-order valence-corrected chi connectivity index (χ1v) is 8.37. The van der Waals surface area contributed by atoms with Gasteiger partial charge in [-0.1, -0.05) is 30.3 Å². The molecule has 1 aliphatic heterocycles. The highest BCUT2D eigenvalue weighted by Crippen LogP contribution is 2.26. The Balaban J connectivity index is 1.62. The largest absolute Gasteiger partial charge is 0.489 e. The van der Waals surface area contributed by atoms with Crippen LogP contribution in [0.1, 0.15) is 29.3 Å². The molecule has 5 nitrogen and oxygen atoms in total. The number of hydrogen-bond acceptors (Lipinski definition) is 3. The number of nitrogens with zero attached hydrogens (tertiary/aromatic N) is 1. The van der Waals surface area contributed by atoms with Crippen molar-refractivity contribution in [3.05, 3.63) is 65.7 Å². The van der Waals surface area contributed by atoms with Crippen LogP contribution in [0.4, 0.5) is 0 Å². The Bertz CT molecular complexity index is 742. The number of carbonyl (C=O) groups is 2. The molecule has 0 aliphatic carbocycles. The number of amides is 1. The highest BCUT2D eigenvalue weighted by molar-refractivity contribution is 5.95. The van der Waals surface area contributed by atoms with Gasteiger partial charge in [-0.3, -0.25) is 9.59 Å². The van der Waals surface area contributed by atoms with Crippen LogP contribution in [0, 0.1) is 5.92 Å². The smallest absolute Gasteiger partial charge is 0.308 e. The molecule has 1 heterocycles. The van der Waals surface area contributed by atoms with E-state index in [0.29, 0.717) is 30.9 Å². The van der Waals surface area contributed by atoms with E-state index in [4.69, 9.17) is 4.74 Å². The minimum absolute atomic E-state index is 0.133. The maximum atomic E-state index is 12.6. The predicted molar refractivity (Wildman–Crippen MR) is 93.5 cm³/mol. The van der Waals surface area contributed by atoms with Crippen molar-refractivity contribution >= 4 is 11.9 Å². The van der Waals surface area contributed by atoms with Crippen LogP contribution >= 0.6 is 0 Å². The first-order valence-electron chi connectivity index (χ1n) is 8.37. The van der Waals surface area contributed by atoms with Gasteiger partial charge < -0.3 is 14.7 Å². The average Bonchev–Trinajstić information content (AvgIpc) is 3.02. The number of carboxylic acid groups (broad SMARTS) is 1. The van der Waals surface area contributed by atoms with Crippen LogP contribution in [-0.4, -0.2) is 34.5 Å². The molecule has 5 heteroatoms. The van der Waals surface area contributed by atoms with E-state index in [0.717, 1.165) is 5.56 Å². The summed E-state index contributed by atoms with van der Waals surface area (Å²) in [6, 6.07) is 16.6. The van der Waals surface area contributed by atoms with Crippen LogP contribution in [0.15, 0.2) is 54.6 Å². The third kappa shape index (κ3) is 3.82. The van der Waals surface area contributed by atoms with E-state index in [1.165, 1.54) is 0 Å². The van der Waals surface area contributed by atoms with E-state index in [1.54, 1.807) is 36.1 Å². The van der Waals surface area contributed by atoms with Crippen molar-refractivity contribution in [2.45, 2.75) is 26.0 Å². The quantitative estimate of drug-likeness (QED) is 0.908. The summed E-state index contributed by atoms with van der Waals surface area (Å²) in [5.41, 5.74) is 1.62. The van der Waals surface area contributed by atoms with Crippen molar-refractivity contribution in [2.24, 2.45) is 5.92 Å². The third-order valence-electron chi connectivity index (χ3n) is 4.68. The molecule has 2 aromatic carbocycles. The molecule has 130 valence electrons. The molecule has 1 aliphatic rings. The lowest BCUT2D eigenvalue weighted by atomic mass is 10.0. The minimum atomic E-state index is -0.840. The predicted octanol–water partition coefficient (Wildman–Crippen LogP) is 3.20. The van der Waals surface area contributed by atoms with E-state index in [2.05, 4.69) is 0 Å². The van der Waals surface area contributed by atoms with Crippen LogP contribution in [0.3, 0.4) is 0 Å². The molecule has 0 radical (unpaired) electrons. The van der Waals surface area contributed by atoms with E-state index in [-0.39, 0.29) is 11.9 Å². The SMILES string of the molecule is CC1C(C(=O)O)CCN1C(=O)c1ccc(OCc2ccccc2)cc1. The lowest BCUT2D eigenvalue weighted by molar-refractivity contribution is -0.142. The van der Waals surface area contributed by atoms with E-state index in [1.807, 2.05) is 30.3 Å². The molecule has 3 rings (SSSR count). The summed E-state index contributed by atoms with van der Waals surface area (Å²) in [6.07, 6.45) is 0.501. The lowest BCUT2D eigenvalue weighted by Crippen LogP contribution is -2.37. The van der Waals surface area contributed by atoms with Crippen molar-refractivity contribution in [2.75, 3.05) is 6.54 Å². The standard InChI is InChI=1S/C20H21NO4/c1-14-18(20(23)24)11-12-21(14)19(22)16-7-9-17(10-8-16)25-13-15-5-3-2-4-6-15/h2-10,14,18H,11-13H2,1H3,(H,23,24). The molecule has 0 spiro atoms. The lowest BCUT2D eigenvalue weighted by Gasteiger charge is -2.23. The summed E-state index contributed by atoms with van der Waals surface area (Å²) < 4.78 is 5.72. The van der Waals surface area contributed by atoms with Gasteiger partial charge in [-0.15, -0.1) is 0 Å². The van der Waals surface area contributed by atoms with Crippen LogP contribution < -0.4 is 4.74 Å². The Hall–Kier alpha value is -2.82. The summed E-state index contributed by atoms with van der Waals surface area (Å²) in [6.45, 7) is 2.74. The third-order valence-corrected chi connectivity index (χ3v) is 4.68. The summed E-state index contributed by atoms with van der Waals surface area (Å²) in [5.74, 6) is -0.769. The number of carbonyl (C=O) groups excluding carboxylic acids is 1. The molecule has 2 atom stereocenters. The molecule has 1 N–H and O–H groups in total. The van der Waals surface area contributed by atoms with Gasteiger partial charge in [0.2, 0.25) is 0 Å². The highest BCUT2D eigenvalue weighted by Gasteiger charge is 2.38. The fraction of sp³-hybridized carbons (Fsp3) is 0.300. The number of rotatable bonds is 5. The van der Waals surface area contributed by atoms with Crippen LogP contribution in [0.25, 0.3) is 0 Å². The summed E-state index contributed by atoms with van der Waals surface area (Å²) in [4.78, 5) is 25.4. The van der Waals surface area contributed by atoms with Crippen molar-refractivity contribution < 1.29 is 19.4 Å². The van der Waals surface area contributed by atoms with Crippen molar-refractivity contribution in [1.29, 1.82) is 0 Å². The second kappa shape index (κ2) is 7.38. The van der Waals surface area contributed by atoms with Gasteiger partial charge in [-0.05, 0) is 43.2 Å². The summed E-state index contributed by atoms with van der Waals surface area (Å²) in [5, 5.41) is 9.19. The highest BCUT2D eigenvalue weighted by atomic mass is 16.5. The number of carboxylic acids is 1. The van der Waals surface area contributed by atoms with Gasteiger partial charge in [-0.25, -0.2) is 0 Å². The Morgan fingerprint density at radius 3 is 2.40 bits per heavy atom. The Labute approximate surface area is 146 Å². The summed E-state index contributed by atoms with van der Waals surface area (Å²) in [7, 11) is 0. The van der Waals surface area contributed by atoms with Crippen molar-refractivity contribution in [1.82, 2.24) is 4.90 Å². The van der Waals surface area contributed by atoms with Gasteiger partial charge in [-0.2, -0.15) is 0 Å². The molecule has 1 saturated heterocycles. The number of benzene rings is 2. The van der Waals surface area contributed by atoms with Gasteiger partial charge in [0.25, 0.3) is 5.91 Å². The molecule has 2 aromatic rings. The zero-order valence-electron chi connectivity index (χ0n) is 14.1. The summed E-state index contributed by atoms with van der Waals surface area (Å²) >= 11 is 0. The first kappa shape index (κ1) is 17.0. The molecular weight excluding hydrogens is 318 g/mol. The van der Waals surface area contributed by atoms with Gasteiger partial charge >= 0.3 is 5.97 Å². The van der Waals surface area contributed by atoms with Crippen LogP contribution in [0.2, 0.25) is 0 Å². The van der Waals surface area contributed by atoms with Gasteiger partial charge in [0.1, 0.15) is 12.4 Å². The second-order valence-corrected chi connectivity index (χ2v) is 6.27. The number of aliphatic carboxylic acids is 1. The topological polar surface area (TPSA) is 66.8 Å². The molecule has 1 fully saturated rings. The Morgan fingerprint density at radius 1 is 1.12 bits per heavy atom. The van der Waals surface area contributed by atoms with E-state index >= 15 is 0 Å². The number of hydrogen-bond donors (Lipinski definition) is 1. The number of ether oxygens (including phenoxy) is 1. The average molecular weight is 339 g/mol. The minimum Gasteiger partial charge on any atom is -0.489 e. The Morgan fingerprint density at radius 2 is 1.80 bits per heavy atom. The zero-order valence-corrected chi connectivity index (χ0v) is 14.1.